The standard InChI is InChI=1S/C21H25N5O/c27-21-18-16(9-10-23-21)20(25-19(24-18)15-7-8-15)22-11-13-26-12-3-5-14-4-1-2-6-17(14)26/h1-2,4,6,15H,3,5,7-13H2,(H,23,27)(H,22,24,25). The molecule has 1 fully saturated rings. The Morgan fingerprint density at radius 2 is 2.07 bits per heavy atom. The fraction of sp³-hybridized carbons (Fsp3) is 0.476. The van der Waals surface area contributed by atoms with Crippen molar-refractivity contribution in [3.05, 3.63) is 46.9 Å². The van der Waals surface area contributed by atoms with Gasteiger partial charge in [0, 0.05) is 43.3 Å². The van der Waals surface area contributed by atoms with E-state index in [-0.39, 0.29) is 5.91 Å². The lowest BCUT2D eigenvalue weighted by atomic mass is 10.0. The average molecular weight is 363 g/mol. The van der Waals surface area contributed by atoms with Crippen LogP contribution < -0.4 is 15.5 Å². The largest absolute Gasteiger partial charge is 0.370 e. The number of para-hydroxylation sites is 1. The normalized spacial score (nSPS) is 18.5. The average Bonchev–Trinajstić information content (AvgIpc) is 3.54. The van der Waals surface area contributed by atoms with Gasteiger partial charge in [0.15, 0.2) is 0 Å². The molecule has 140 valence electrons. The van der Waals surface area contributed by atoms with Gasteiger partial charge in [-0.25, -0.2) is 9.97 Å². The van der Waals surface area contributed by atoms with E-state index in [1.165, 1.54) is 24.1 Å². The molecule has 2 aromatic rings. The van der Waals surface area contributed by atoms with Crippen LogP contribution in [0.5, 0.6) is 0 Å². The predicted molar refractivity (Wildman–Crippen MR) is 106 cm³/mol. The van der Waals surface area contributed by atoms with Crippen LogP contribution in [0, 0.1) is 0 Å². The molecule has 6 nitrogen and oxygen atoms in total. The van der Waals surface area contributed by atoms with E-state index in [0.717, 1.165) is 56.1 Å². The van der Waals surface area contributed by atoms with Gasteiger partial charge in [0.2, 0.25) is 0 Å². The topological polar surface area (TPSA) is 70.2 Å². The van der Waals surface area contributed by atoms with E-state index >= 15 is 0 Å². The summed E-state index contributed by atoms with van der Waals surface area (Å²) in [5.74, 6) is 2.06. The molecule has 1 amide bonds. The van der Waals surface area contributed by atoms with Gasteiger partial charge in [-0.2, -0.15) is 0 Å². The van der Waals surface area contributed by atoms with E-state index in [1.807, 2.05) is 0 Å². The number of aromatic nitrogens is 2. The maximum atomic E-state index is 12.3. The minimum Gasteiger partial charge on any atom is -0.370 e. The molecule has 0 saturated heterocycles. The SMILES string of the molecule is O=C1NCCc2c(NCCN3CCCc4ccccc43)nc(C3CC3)nc21. The minimum absolute atomic E-state index is 0.0615. The summed E-state index contributed by atoms with van der Waals surface area (Å²) in [4.78, 5) is 24.1. The first kappa shape index (κ1) is 16.5. The fourth-order valence-electron chi connectivity index (χ4n) is 4.13. The number of nitrogens with one attached hydrogen (secondary N) is 2. The summed E-state index contributed by atoms with van der Waals surface area (Å²) in [6.07, 6.45) is 5.42. The highest BCUT2D eigenvalue weighted by molar-refractivity contribution is 5.96. The van der Waals surface area contributed by atoms with Crippen molar-refractivity contribution < 1.29 is 4.79 Å². The Labute approximate surface area is 159 Å². The molecule has 5 rings (SSSR count). The highest BCUT2D eigenvalue weighted by Gasteiger charge is 2.31. The zero-order valence-electron chi connectivity index (χ0n) is 15.5. The van der Waals surface area contributed by atoms with Gasteiger partial charge in [0.1, 0.15) is 17.3 Å². The van der Waals surface area contributed by atoms with Gasteiger partial charge in [0.05, 0.1) is 0 Å². The van der Waals surface area contributed by atoms with Crippen LogP contribution in [0.15, 0.2) is 24.3 Å². The quantitative estimate of drug-likeness (QED) is 0.854. The lowest BCUT2D eigenvalue weighted by molar-refractivity contribution is 0.0940. The molecule has 1 saturated carbocycles. The number of fused-ring (bicyclic) bond motifs is 2. The Morgan fingerprint density at radius 1 is 1.19 bits per heavy atom. The zero-order valence-corrected chi connectivity index (χ0v) is 15.5. The molecule has 0 spiro atoms. The highest BCUT2D eigenvalue weighted by Crippen LogP contribution is 2.39. The lowest BCUT2D eigenvalue weighted by Crippen LogP contribution is -2.36. The molecule has 3 heterocycles. The second-order valence-corrected chi connectivity index (χ2v) is 7.68. The highest BCUT2D eigenvalue weighted by atomic mass is 16.1. The van der Waals surface area contributed by atoms with E-state index in [2.05, 4.69) is 44.8 Å². The fourth-order valence-corrected chi connectivity index (χ4v) is 4.13. The smallest absolute Gasteiger partial charge is 0.270 e. The summed E-state index contributed by atoms with van der Waals surface area (Å²) >= 11 is 0. The maximum absolute atomic E-state index is 12.3. The summed E-state index contributed by atoms with van der Waals surface area (Å²) in [6, 6.07) is 8.69. The number of carbonyl (C=O) groups is 1. The Morgan fingerprint density at radius 3 is 2.96 bits per heavy atom. The Kier molecular flexibility index (Phi) is 4.19. The van der Waals surface area contributed by atoms with E-state index in [4.69, 9.17) is 4.98 Å². The summed E-state index contributed by atoms with van der Waals surface area (Å²) in [5.41, 5.74) is 4.34. The monoisotopic (exact) mass is 363 g/mol. The minimum atomic E-state index is -0.0615. The molecule has 0 atom stereocenters. The second kappa shape index (κ2) is 6.83. The maximum Gasteiger partial charge on any atom is 0.270 e. The van der Waals surface area contributed by atoms with Crippen molar-refractivity contribution >= 4 is 17.4 Å². The van der Waals surface area contributed by atoms with Crippen LogP contribution in [-0.4, -0.2) is 42.1 Å². The molecule has 1 aromatic carbocycles. The second-order valence-electron chi connectivity index (χ2n) is 7.68. The molecule has 2 aliphatic heterocycles. The van der Waals surface area contributed by atoms with Crippen molar-refractivity contribution in [3.63, 3.8) is 0 Å². The lowest BCUT2D eigenvalue weighted by Gasteiger charge is -2.31. The molecule has 0 bridgehead atoms. The summed E-state index contributed by atoms with van der Waals surface area (Å²) in [7, 11) is 0. The number of carbonyl (C=O) groups excluding carboxylic acids is 1. The summed E-state index contributed by atoms with van der Waals surface area (Å²) < 4.78 is 0. The molecule has 0 unspecified atom stereocenters. The van der Waals surface area contributed by atoms with Gasteiger partial charge in [-0.05, 0) is 43.7 Å². The zero-order chi connectivity index (χ0) is 18.2. The van der Waals surface area contributed by atoms with Crippen molar-refractivity contribution in [2.75, 3.05) is 36.4 Å². The Hall–Kier alpha value is -2.63. The molecule has 3 aliphatic rings. The number of hydrogen-bond donors (Lipinski definition) is 2. The molecule has 27 heavy (non-hydrogen) atoms. The van der Waals surface area contributed by atoms with Gasteiger partial charge in [0.25, 0.3) is 5.91 Å². The number of aryl methyl sites for hydroxylation is 1. The number of anilines is 2. The molecule has 1 aliphatic carbocycles. The van der Waals surface area contributed by atoms with Crippen molar-refractivity contribution in [1.29, 1.82) is 0 Å². The molecular weight excluding hydrogens is 338 g/mol. The first-order chi connectivity index (χ1) is 13.3. The number of benzene rings is 1. The van der Waals surface area contributed by atoms with Crippen LogP contribution in [0.2, 0.25) is 0 Å². The number of amides is 1. The van der Waals surface area contributed by atoms with Gasteiger partial charge < -0.3 is 15.5 Å². The number of hydrogen-bond acceptors (Lipinski definition) is 5. The van der Waals surface area contributed by atoms with E-state index in [1.54, 1.807) is 0 Å². The third kappa shape index (κ3) is 3.24. The Balaban J connectivity index is 1.34. The van der Waals surface area contributed by atoms with Crippen LogP contribution in [0.1, 0.15) is 52.6 Å². The van der Waals surface area contributed by atoms with Crippen LogP contribution in [0.4, 0.5) is 11.5 Å². The third-order valence-electron chi connectivity index (χ3n) is 5.72. The van der Waals surface area contributed by atoms with E-state index in [9.17, 15) is 4.79 Å². The van der Waals surface area contributed by atoms with Gasteiger partial charge in [-0.15, -0.1) is 0 Å². The number of rotatable bonds is 5. The first-order valence-corrected chi connectivity index (χ1v) is 10.1. The van der Waals surface area contributed by atoms with E-state index < -0.39 is 0 Å². The van der Waals surface area contributed by atoms with Crippen LogP contribution in [-0.2, 0) is 12.8 Å². The van der Waals surface area contributed by atoms with Crippen LogP contribution >= 0.6 is 0 Å². The molecule has 2 N–H and O–H groups in total. The van der Waals surface area contributed by atoms with Crippen molar-refractivity contribution in [2.24, 2.45) is 0 Å². The predicted octanol–water partition coefficient (Wildman–Crippen LogP) is 2.50. The Bertz CT molecular complexity index is 877. The molecule has 1 aromatic heterocycles. The van der Waals surface area contributed by atoms with Gasteiger partial charge in [-0.1, -0.05) is 18.2 Å². The van der Waals surface area contributed by atoms with Gasteiger partial charge in [-0.3, -0.25) is 4.79 Å². The first-order valence-electron chi connectivity index (χ1n) is 10.1. The van der Waals surface area contributed by atoms with Crippen molar-refractivity contribution in [2.45, 2.75) is 38.0 Å². The number of nitrogens with zero attached hydrogens (tertiary/aromatic N) is 3. The molecule has 0 radical (unpaired) electrons. The van der Waals surface area contributed by atoms with Crippen LogP contribution in [0.3, 0.4) is 0 Å². The summed E-state index contributed by atoms with van der Waals surface area (Å²) in [5, 5.41) is 6.43. The van der Waals surface area contributed by atoms with Crippen molar-refractivity contribution in [1.82, 2.24) is 15.3 Å². The van der Waals surface area contributed by atoms with Crippen LogP contribution in [0.25, 0.3) is 0 Å². The van der Waals surface area contributed by atoms with E-state index in [0.29, 0.717) is 18.2 Å². The van der Waals surface area contributed by atoms with Crippen molar-refractivity contribution in [3.8, 4) is 0 Å². The van der Waals surface area contributed by atoms with Gasteiger partial charge >= 0.3 is 0 Å². The molecular formula is C21H25N5O. The molecule has 6 heteroatoms. The summed E-state index contributed by atoms with van der Waals surface area (Å²) in [6.45, 7) is 3.49. The third-order valence-corrected chi connectivity index (χ3v) is 5.72.